The average molecular weight is 324 g/mol. The number of rotatable bonds is 9. The average Bonchev–Trinajstić information content (AvgIpc) is 3.20. The Hall–Kier alpha value is -1.23. The molecule has 0 fully saturated rings. The van der Waals surface area contributed by atoms with Crippen molar-refractivity contribution in [1.82, 2.24) is 19.5 Å². The number of nitrogens with zero attached hydrogens (tertiary/aromatic N) is 3. The summed E-state index contributed by atoms with van der Waals surface area (Å²) in [6, 6.07) is 0. The Bertz CT molecular complexity index is 468. The van der Waals surface area contributed by atoms with Gasteiger partial charge in [-0.3, -0.25) is 0 Å². The van der Waals surface area contributed by atoms with Gasteiger partial charge in [0.15, 0.2) is 0 Å². The van der Waals surface area contributed by atoms with Crippen LogP contribution in [0.25, 0.3) is 0 Å². The maximum Gasteiger partial charge on any atom is 0.0952 e. The molecule has 6 nitrogen and oxygen atoms in total. The summed E-state index contributed by atoms with van der Waals surface area (Å²) in [5.74, 6) is 0. The van der Waals surface area contributed by atoms with Crippen molar-refractivity contribution in [3.05, 3.63) is 36.4 Å². The second kappa shape index (κ2) is 12.3. The second-order valence-electron chi connectivity index (χ2n) is 5.13. The van der Waals surface area contributed by atoms with Crippen LogP contribution in [0.2, 0.25) is 0 Å². The maximum atomic E-state index is 5.40. The van der Waals surface area contributed by atoms with Crippen LogP contribution >= 0.6 is 9.24 Å². The van der Waals surface area contributed by atoms with Crippen molar-refractivity contribution in [2.24, 2.45) is 11.5 Å². The molecule has 5 N–H and O–H groups in total. The van der Waals surface area contributed by atoms with Crippen LogP contribution in [-0.2, 0) is 19.1 Å². The molecule has 0 spiro atoms. The Morgan fingerprint density at radius 1 is 1.09 bits per heavy atom. The Morgan fingerprint density at radius 2 is 1.82 bits per heavy atom. The third-order valence-electron chi connectivity index (χ3n) is 3.24. The molecule has 0 saturated carbocycles. The molecule has 2 aromatic rings. The minimum absolute atomic E-state index is 0.782. The molecule has 0 aliphatic heterocycles. The zero-order valence-corrected chi connectivity index (χ0v) is 14.4. The lowest BCUT2D eigenvalue weighted by Crippen LogP contribution is -1.99. The first-order chi connectivity index (χ1) is 10.8. The first kappa shape index (κ1) is 18.8. The fourth-order valence-electron chi connectivity index (χ4n) is 1.97. The summed E-state index contributed by atoms with van der Waals surface area (Å²) in [6.45, 7) is 1.57. The van der Waals surface area contributed by atoms with Crippen LogP contribution in [0, 0.1) is 0 Å². The highest BCUT2D eigenvalue weighted by molar-refractivity contribution is 7.15. The van der Waals surface area contributed by atoms with Crippen molar-refractivity contribution in [3.63, 3.8) is 0 Å². The topological polar surface area (TPSA) is 98.5 Å². The van der Waals surface area contributed by atoms with Gasteiger partial charge in [-0.15, -0.1) is 9.24 Å². The van der Waals surface area contributed by atoms with Crippen molar-refractivity contribution in [3.8, 4) is 0 Å². The van der Waals surface area contributed by atoms with E-state index in [2.05, 4.69) is 35.0 Å². The summed E-state index contributed by atoms with van der Waals surface area (Å²) >= 11 is 0. The smallest absolute Gasteiger partial charge is 0.0952 e. The molecule has 0 aliphatic carbocycles. The predicted molar refractivity (Wildman–Crippen MR) is 94.5 cm³/mol. The number of hydrogen-bond acceptors (Lipinski definition) is 4. The van der Waals surface area contributed by atoms with Crippen molar-refractivity contribution in [2.45, 2.75) is 44.8 Å². The van der Waals surface area contributed by atoms with E-state index in [-0.39, 0.29) is 0 Å². The van der Waals surface area contributed by atoms with Crippen LogP contribution in [0.1, 0.15) is 37.1 Å². The lowest BCUT2D eigenvalue weighted by atomic mass is 10.2. The van der Waals surface area contributed by atoms with Gasteiger partial charge in [0.2, 0.25) is 0 Å². The number of aryl methyl sites for hydroxylation is 2. The van der Waals surface area contributed by atoms with Gasteiger partial charge in [0.05, 0.1) is 18.3 Å². The monoisotopic (exact) mass is 324 g/mol. The number of imidazole rings is 2. The van der Waals surface area contributed by atoms with Crippen LogP contribution in [0.4, 0.5) is 0 Å². The molecular formula is C15H29N6P. The van der Waals surface area contributed by atoms with Crippen molar-refractivity contribution >= 4 is 9.24 Å². The molecule has 7 heteroatoms. The SMILES string of the molecule is NCCCCc1cn(CP)cn1.NCCCCc1cnc[nH]1. The van der Waals surface area contributed by atoms with Crippen LogP contribution in [-0.4, -0.2) is 32.6 Å². The molecule has 0 amide bonds. The van der Waals surface area contributed by atoms with Gasteiger partial charge in [-0.25, -0.2) is 9.97 Å². The van der Waals surface area contributed by atoms with Crippen molar-refractivity contribution < 1.29 is 0 Å². The minimum atomic E-state index is 0.782. The van der Waals surface area contributed by atoms with Gasteiger partial charge in [0.1, 0.15) is 0 Å². The van der Waals surface area contributed by atoms with E-state index in [9.17, 15) is 0 Å². The molecule has 1 unspecified atom stereocenters. The first-order valence-electron chi connectivity index (χ1n) is 7.88. The van der Waals surface area contributed by atoms with Gasteiger partial charge < -0.3 is 21.0 Å². The number of hydrogen-bond donors (Lipinski definition) is 3. The molecule has 0 aliphatic rings. The predicted octanol–water partition coefficient (Wildman–Crippen LogP) is 1.69. The minimum Gasteiger partial charge on any atom is -0.348 e. The Balaban J connectivity index is 0.000000224. The van der Waals surface area contributed by atoms with Gasteiger partial charge in [-0.05, 0) is 51.6 Å². The van der Waals surface area contributed by atoms with E-state index in [1.807, 2.05) is 12.5 Å². The molecule has 2 rings (SSSR count). The molecule has 0 saturated heterocycles. The summed E-state index contributed by atoms with van der Waals surface area (Å²) in [7, 11) is 2.67. The van der Waals surface area contributed by atoms with Gasteiger partial charge in [0, 0.05) is 24.4 Å². The number of aromatic amines is 1. The van der Waals surface area contributed by atoms with Crippen LogP contribution in [0.15, 0.2) is 25.0 Å². The first-order valence-corrected chi connectivity index (χ1v) is 8.70. The van der Waals surface area contributed by atoms with Gasteiger partial charge in [-0.1, -0.05) is 0 Å². The highest BCUT2D eigenvalue weighted by Gasteiger charge is 1.96. The van der Waals surface area contributed by atoms with E-state index in [1.165, 1.54) is 11.4 Å². The van der Waals surface area contributed by atoms with E-state index in [0.29, 0.717) is 0 Å². The Labute approximate surface area is 135 Å². The molecule has 0 aromatic carbocycles. The van der Waals surface area contributed by atoms with Crippen LogP contribution in [0.3, 0.4) is 0 Å². The third kappa shape index (κ3) is 8.27. The van der Waals surface area contributed by atoms with Crippen molar-refractivity contribution in [1.29, 1.82) is 0 Å². The fourth-order valence-corrected chi connectivity index (χ4v) is 2.17. The molecule has 2 aromatic heterocycles. The molecule has 124 valence electrons. The largest absolute Gasteiger partial charge is 0.348 e. The van der Waals surface area contributed by atoms with Gasteiger partial charge in [0.25, 0.3) is 0 Å². The van der Waals surface area contributed by atoms with Crippen molar-refractivity contribution in [2.75, 3.05) is 13.1 Å². The van der Waals surface area contributed by atoms with E-state index in [1.54, 1.807) is 6.33 Å². The summed E-state index contributed by atoms with van der Waals surface area (Å²) in [6.07, 6.45) is 15.0. The summed E-state index contributed by atoms with van der Waals surface area (Å²) in [4.78, 5) is 11.2. The molecule has 22 heavy (non-hydrogen) atoms. The lowest BCUT2D eigenvalue weighted by Gasteiger charge is -1.94. The number of nitrogens with one attached hydrogen (secondary N) is 1. The zero-order valence-electron chi connectivity index (χ0n) is 13.2. The van der Waals surface area contributed by atoms with Gasteiger partial charge >= 0.3 is 0 Å². The number of H-pyrrole nitrogens is 1. The van der Waals surface area contributed by atoms with E-state index in [0.717, 1.165) is 57.9 Å². The summed E-state index contributed by atoms with van der Waals surface area (Å²) in [5.41, 5.74) is 13.1. The summed E-state index contributed by atoms with van der Waals surface area (Å²) < 4.78 is 2.06. The summed E-state index contributed by atoms with van der Waals surface area (Å²) in [5, 5.41) is 0. The van der Waals surface area contributed by atoms with E-state index < -0.39 is 0 Å². The van der Waals surface area contributed by atoms with Crippen LogP contribution < -0.4 is 11.5 Å². The molecule has 0 radical (unpaired) electrons. The van der Waals surface area contributed by atoms with E-state index in [4.69, 9.17) is 11.5 Å². The number of unbranched alkanes of at least 4 members (excludes halogenated alkanes) is 2. The fraction of sp³-hybridized carbons (Fsp3) is 0.600. The highest BCUT2D eigenvalue weighted by atomic mass is 31.0. The second-order valence-corrected chi connectivity index (χ2v) is 5.50. The number of aromatic nitrogens is 4. The Morgan fingerprint density at radius 3 is 2.36 bits per heavy atom. The highest BCUT2D eigenvalue weighted by Crippen LogP contribution is 2.03. The van der Waals surface area contributed by atoms with E-state index >= 15 is 0 Å². The third-order valence-corrected chi connectivity index (χ3v) is 3.66. The number of nitrogens with two attached hydrogens (primary N) is 2. The lowest BCUT2D eigenvalue weighted by molar-refractivity contribution is 0.734. The molecule has 1 atom stereocenters. The quantitative estimate of drug-likeness (QED) is 0.483. The molecule has 2 heterocycles. The van der Waals surface area contributed by atoms with Crippen LogP contribution in [0.5, 0.6) is 0 Å². The zero-order chi connectivity index (χ0) is 16.0. The normalized spacial score (nSPS) is 10.3. The standard InChI is InChI=1S/C8H16N3P.C7H13N3/c9-4-2-1-3-8-5-11(7-12)6-10-8;8-4-2-1-3-7-5-9-6-10-7/h5-6H,1-4,7,9,12H2;5-6H,1-4,8H2,(H,9,10). The Kier molecular flexibility index (Phi) is 10.5. The maximum absolute atomic E-state index is 5.40. The van der Waals surface area contributed by atoms with Gasteiger partial charge in [-0.2, -0.15) is 0 Å². The molecular weight excluding hydrogens is 295 g/mol. The molecule has 0 bridgehead atoms.